The van der Waals surface area contributed by atoms with E-state index in [2.05, 4.69) is 45.3 Å². The van der Waals surface area contributed by atoms with Gasteiger partial charge in [0.15, 0.2) is 0 Å². The smallest absolute Gasteiger partial charge is 0.238 e. The van der Waals surface area contributed by atoms with Gasteiger partial charge in [-0.25, -0.2) is 0 Å². The Morgan fingerprint density at radius 2 is 1.89 bits per heavy atom. The number of likely N-dealkylation sites (tertiary alicyclic amines) is 1. The van der Waals surface area contributed by atoms with Gasteiger partial charge >= 0.3 is 0 Å². The first kappa shape index (κ1) is 22.5. The Morgan fingerprint density at radius 1 is 1.26 bits per heavy atom. The summed E-state index contributed by atoms with van der Waals surface area (Å²) >= 11 is 1.86. The van der Waals surface area contributed by atoms with Crippen LogP contribution in [0.3, 0.4) is 0 Å². The second kappa shape index (κ2) is 9.17. The van der Waals surface area contributed by atoms with Crippen molar-refractivity contribution in [2.45, 2.75) is 90.6 Å². The number of carbonyl (C=O) groups excluding carboxylic acids is 2. The number of carbonyl (C=O) groups is 2. The summed E-state index contributed by atoms with van der Waals surface area (Å²) in [6, 6.07) is 0.105. The van der Waals surface area contributed by atoms with Crippen LogP contribution >= 0.6 is 11.8 Å². The van der Waals surface area contributed by atoms with Gasteiger partial charge in [-0.1, -0.05) is 34.6 Å². The Labute approximate surface area is 169 Å². The lowest BCUT2D eigenvalue weighted by molar-refractivity contribution is -0.133. The Hall–Kier alpha value is -0.750. The molecule has 0 radical (unpaired) electrons. The molecule has 2 N–H and O–H groups in total. The van der Waals surface area contributed by atoms with Gasteiger partial charge in [-0.15, -0.1) is 11.8 Å². The molecule has 27 heavy (non-hydrogen) atoms. The number of hydrogen-bond acceptors (Lipinski definition) is 4. The van der Waals surface area contributed by atoms with E-state index in [0.29, 0.717) is 12.3 Å². The molecule has 2 saturated heterocycles. The van der Waals surface area contributed by atoms with Gasteiger partial charge in [-0.2, -0.15) is 0 Å². The molecule has 5 nitrogen and oxygen atoms in total. The van der Waals surface area contributed by atoms with E-state index in [4.69, 9.17) is 0 Å². The van der Waals surface area contributed by atoms with Crippen LogP contribution in [0.1, 0.15) is 73.6 Å². The first-order valence-corrected chi connectivity index (χ1v) is 11.5. The van der Waals surface area contributed by atoms with Gasteiger partial charge in [0.1, 0.15) is 0 Å². The maximum absolute atomic E-state index is 12.7. The van der Waals surface area contributed by atoms with Crippen molar-refractivity contribution in [3.05, 3.63) is 0 Å². The van der Waals surface area contributed by atoms with Crippen molar-refractivity contribution in [2.24, 2.45) is 11.3 Å². The summed E-state index contributed by atoms with van der Waals surface area (Å²) in [6.45, 7) is 14.6. The van der Waals surface area contributed by atoms with E-state index >= 15 is 0 Å². The zero-order valence-corrected chi connectivity index (χ0v) is 18.9. The molecule has 2 aliphatic heterocycles. The molecule has 0 unspecified atom stereocenters. The summed E-state index contributed by atoms with van der Waals surface area (Å²) in [6.07, 6.45) is 4.50. The highest BCUT2D eigenvalue weighted by atomic mass is 32.2. The third kappa shape index (κ3) is 6.67. The van der Waals surface area contributed by atoms with E-state index in [9.17, 15) is 9.59 Å². The number of nitrogens with one attached hydrogen (secondary N) is 2. The molecule has 2 rings (SSSR count). The molecule has 0 saturated carbocycles. The first-order chi connectivity index (χ1) is 12.5. The van der Waals surface area contributed by atoms with E-state index in [-0.39, 0.29) is 34.2 Å². The molecule has 156 valence electrons. The number of piperidine rings is 1. The lowest BCUT2D eigenvalue weighted by atomic mass is 9.84. The van der Waals surface area contributed by atoms with Crippen LogP contribution in [0.2, 0.25) is 0 Å². The molecule has 2 fully saturated rings. The van der Waals surface area contributed by atoms with Crippen molar-refractivity contribution in [1.82, 2.24) is 15.5 Å². The molecule has 0 aliphatic carbocycles. The van der Waals surface area contributed by atoms with E-state index < -0.39 is 0 Å². The summed E-state index contributed by atoms with van der Waals surface area (Å²) in [4.78, 5) is 27.0. The fraction of sp³-hybridized carbons (Fsp3) is 0.905. The molecule has 0 aromatic carbocycles. The Bertz CT molecular complexity index is 524. The van der Waals surface area contributed by atoms with Crippen LogP contribution in [0.5, 0.6) is 0 Å². The Balaban J connectivity index is 1.79. The van der Waals surface area contributed by atoms with Crippen molar-refractivity contribution in [3.63, 3.8) is 0 Å². The monoisotopic (exact) mass is 397 g/mol. The van der Waals surface area contributed by atoms with Gasteiger partial charge in [0.05, 0.1) is 10.9 Å². The quantitative estimate of drug-likeness (QED) is 0.721. The minimum absolute atomic E-state index is 0.0364. The van der Waals surface area contributed by atoms with Crippen molar-refractivity contribution in [1.29, 1.82) is 0 Å². The number of nitrogens with zero attached hydrogens (tertiary/aromatic N) is 1. The zero-order valence-electron chi connectivity index (χ0n) is 18.1. The molecular weight excluding hydrogens is 358 g/mol. The number of rotatable bonds is 6. The summed E-state index contributed by atoms with van der Waals surface area (Å²) < 4.78 is 0. The number of amides is 2. The van der Waals surface area contributed by atoms with Crippen LogP contribution in [0.15, 0.2) is 0 Å². The standard InChI is InChI=1S/C21H39N3O2S/c1-7-16(3)22-19(26)17-14-27-21(23-17)8-10-24(11-9-21)18(25)12-15(2)13-20(4,5)6/h15-17,23H,7-14H2,1-6H3,(H,22,26)/t15-,16+,17-/m1/s1. The van der Waals surface area contributed by atoms with Crippen molar-refractivity contribution in [2.75, 3.05) is 18.8 Å². The predicted octanol–water partition coefficient (Wildman–Crippen LogP) is 3.39. The Morgan fingerprint density at radius 3 is 2.44 bits per heavy atom. The second-order valence-corrected chi connectivity index (χ2v) is 11.2. The van der Waals surface area contributed by atoms with Crippen LogP contribution in [-0.4, -0.2) is 52.5 Å². The summed E-state index contributed by atoms with van der Waals surface area (Å²) in [7, 11) is 0. The molecule has 2 heterocycles. The van der Waals surface area contributed by atoms with Gasteiger partial charge in [0.25, 0.3) is 0 Å². The molecule has 0 aromatic heterocycles. The average Bonchev–Trinajstić information content (AvgIpc) is 2.97. The van der Waals surface area contributed by atoms with E-state index in [1.165, 1.54) is 0 Å². The molecule has 6 heteroatoms. The lowest BCUT2D eigenvalue weighted by Gasteiger charge is -2.39. The van der Waals surface area contributed by atoms with Crippen LogP contribution in [0.25, 0.3) is 0 Å². The largest absolute Gasteiger partial charge is 0.352 e. The summed E-state index contributed by atoms with van der Waals surface area (Å²) in [5, 5.41) is 6.66. The maximum Gasteiger partial charge on any atom is 0.238 e. The molecule has 3 atom stereocenters. The highest BCUT2D eigenvalue weighted by Crippen LogP contribution is 2.39. The van der Waals surface area contributed by atoms with Crippen LogP contribution in [0.4, 0.5) is 0 Å². The molecule has 1 spiro atoms. The van der Waals surface area contributed by atoms with Gasteiger partial charge < -0.3 is 10.2 Å². The van der Waals surface area contributed by atoms with Gasteiger partial charge in [-0.05, 0) is 43.9 Å². The van der Waals surface area contributed by atoms with Gasteiger partial charge in [0.2, 0.25) is 11.8 Å². The molecule has 2 aliphatic rings. The third-order valence-corrected chi connectivity index (χ3v) is 7.27. The van der Waals surface area contributed by atoms with Gasteiger partial charge in [-0.3, -0.25) is 14.9 Å². The maximum atomic E-state index is 12.7. The minimum Gasteiger partial charge on any atom is -0.352 e. The van der Waals surface area contributed by atoms with Crippen molar-refractivity contribution < 1.29 is 9.59 Å². The van der Waals surface area contributed by atoms with Crippen LogP contribution in [0, 0.1) is 11.3 Å². The van der Waals surface area contributed by atoms with Crippen LogP contribution in [-0.2, 0) is 9.59 Å². The van der Waals surface area contributed by atoms with E-state index in [0.717, 1.165) is 44.5 Å². The highest BCUT2D eigenvalue weighted by Gasteiger charge is 2.44. The third-order valence-electron chi connectivity index (χ3n) is 5.69. The van der Waals surface area contributed by atoms with Gasteiger partial charge in [0, 0.05) is 31.3 Å². The topological polar surface area (TPSA) is 61.4 Å². The van der Waals surface area contributed by atoms with Crippen LogP contribution < -0.4 is 10.6 Å². The summed E-state index contributed by atoms with van der Waals surface area (Å²) in [5.41, 5.74) is 0.265. The fourth-order valence-corrected chi connectivity index (χ4v) is 5.60. The fourth-order valence-electron chi connectivity index (χ4n) is 4.18. The SMILES string of the molecule is CC[C@H](C)NC(=O)[C@H]1CSC2(CCN(C(=O)C[C@@H](C)CC(C)(C)C)CC2)N1. The molecule has 2 amide bonds. The average molecular weight is 398 g/mol. The normalized spacial score (nSPS) is 24.7. The highest BCUT2D eigenvalue weighted by molar-refractivity contribution is 8.01. The van der Waals surface area contributed by atoms with Crippen molar-refractivity contribution >= 4 is 23.6 Å². The predicted molar refractivity (Wildman–Crippen MR) is 114 cm³/mol. The zero-order chi connectivity index (χ0) is 20.2. The Kier molecular flexibility index (Phi) is 7.65. The lowest BCUT2D eigenvalue weighted by Crippen LogP contribution is -2.55. The van der Waals surface area contributed by atoms with E-state index in [1.807, 2.05) is 23.6 Å². The first-order valence-electron chi connectivity index (χ1n) is 10.5. The second-order valence-electron chi connectivity index (χ2n) is 9.77. The van der Waals surface area contributed by atoms with Crippen molar-refractivity contribution in [3.8, 4) is 0 Å². The number of thioether (sulfide) groups is 1. The van der Waals surface area contributed by atoms with E-state index in [1.54, 1.807) is 0 Å². The molecule has 0 bridgehead atoms. The molecule has 0 aromatic rings. The minimum atomic E-state index is -0.113. The molecular formula is C21H39N3O2S. The number of hydrogen-bond donors (Lipinski definition) is 2. The summed E-state index contributed by atoms with van der Waals surface area (Å²) in [5.74, 6) is 1.64.